The summed E-state index contributed by atoms with van der Waals surface area (Å²) in [4.78, 5) is 0. The number of ether oxygens (including phenoxy) is 2. The summed E-state index contributed by atoms with van der Waals surface area (Å²) < 4.78 is 11.7. The first-order valence-corrected chi connectivity index (χ1v) is 7.09. The van der Waals surface area contributed by atoms with Crippen molar-refractivity contribution in [2.24, 2.45) is 0 Å². The van der Waals surface area contributed by atoms with Gasteiger partial charge in [-0.3, -0.25) is 5.10 Å². The number of H-pyrrole nitrogens is 1. The highest BCUT2D eigenvalue weighted by molar-refractivity contribution is 5.86. The second-order valence-corrected chi connectivity index (χ2v) is 5.80. The van der Waals surface area contributed by atoms with Gasteiger partial charge in [0.25, 0.3) is 0 Å². The maximum absolute atomic E-state index is 10.5. The van der Waals surface area contributed by atoms with Crippen LogP contribution >= 0.6 is 0 Å². The molecule has 6 heteroatoms. The van der Waals surface area contributed by atoms with Gasteiger partial charge in [0.15, 0.2) is 11.5 Å². The van der Waals surface area contributed by atoms with E-state index >= 15 is 0 Å². The molecule has 2 aromatic rings. The predicted molar refractivity (Wildman–Crippen MR) is 77.7 cm³/mol. The Morgan fingerprint density at radius 3 is 2.52 bits per heavy atom. The number of rotatable bonds is 1. The summed E-state index contributed by atoms with van der Waals surface area (Å²) in [5, 5.41) is 17.3. The van der Waals surface area contributed by atoms with E-state index in [2.05, 4.69) is 10.2 Å². The number of benzene rings is 1. The number of fused-ring (bicyclic) bond motifs is 2. The molecule has 2 aliphatic heterocycles. The number of nitrogen functional groups attached to an aromatic ring is 1. The van der Waals surface area contributed by atoms with Crippen molar-refractivity contribution in [3.05, 3.63) is 17.3 Å². The first-order valence-electron chi connectivity index (χ1n) is 7.09. The molecule has 4 rings (SSSR count). The van der Waals surface area contributed by atoms with Crippen molar-refractivity contribution >= 4 is 5.82 Å². The zero-order valence-electron chi connectivity index (χ0n) is 11.9. The average Bonchev–Trinajstić information content (AvgIpc) is 3.10. The molecule has 0 fully saturated rings. The Kier molecular flexibility index (Phi) is 2.40. The van der Waals surface area contributed by atoms with Crippen molar-refractivity contribution < 1.29 is 14.6 Å². The molecule has 6 nitrogen and oxygen atoms in total. The Hall–Kier alpha value is -2.37. The minimum absolute atomic E-state index is 0.0257. The van der Waals surface area contributed by atoms with Crippen molar-refractivity contribution in [2.75, 3.05) is 5.73 Å². The topological polar surface area (TPSA) is 93.4 Å². The maximum Gasteiger partial charge on any atom is 0.165 e. The number of aromatic amines is 1. The summed E-state index contributed by atoms with van der Waals surface area (Å²) in [6, 6.07) is 0. The molecule has 21 heavy (non-hydrogen) atoms. The van der Waals surface area contributed by atoms with E-state index in [0.717, 1.165) is 22.3 Å². The molecule has 0 aliphatic carbocycles. The van der Waals surface area contributed by atoms with Gasteiger partial charge in [-0.25, -0.2) is 0 Å². The summed E-state index contributed by atoms with van der Waals surface area (Å²) in [6.07, 6.45) is 3.12. The van der Waals surface area contributed by atoms with Gasteiger partial charge in [-0.1, -0.05) is 0 Å². The molecular formula is C15H17N3O3. The van der Waals surface area contributed by atoms with Crippen molar-refractivity contribution in [1.29, 1.82) is 0 Å². The summed E-state index contributed by atoms with van der Waals surface area (Å²) >= 11 is 0. The number of aromatic nitrogens is 2. The van der Waals surface area contributed by atoms with Crippen molar-refractivity contribution in [3.8, 4) is 28.4 Å². The minimum Gasteiger partial charge on any atom is -0.504 e. The Morgan fingerprint density at radius 2 is 1.86 bits per heavy atom. The second kappa shape index (κ2) is 4.07. The SMILES string of the molecule is CC1Cc2c(c(O)c3c(c2-c2cn[nH]c2N)OC(C)C3)O1. The fourth-order valence-electron chi connectivity index (χ4n) is 3.27. The molecule has 2 aliphatic rings. The molecule has 4 N–H and O–H groups in total. The molecule has 1 aromatic carbocycles. The van der Waals surface area contributed by atoms with Gasteiger partial charge in [0.05, 0.1) is 6.20 Å². The molecule has 0 amide bonds. The third-order valence-corrected chi connectivity index (χ3v) is 4.14. The normalized spacial score (nSPS) is 22.6. The number of phenols is 1. The van der Waals surface area contributed by atoms with Gasteiger partial charge >= 0.3 is 0 Å². The van der Waals surface area contributed by atoms with Crippen LogP contribution in [0.5, 0.6) is 17.2 Å². The van der Waals surface area contributed by atoms with Crippen LogP contribution in [0.25, 0.3) is 11.1 Å². The molecule has 0 saturated carbocycles. The van der Waals surface area contributed by atoms with E-state index in [1.165, 1.54) is 0 Å². The number of nitrogens with one attached hydrogen (secondary N) is 1. The average molecular weight is 287 g/mol. The summed E-state index contributed by atoms with van der Waals surface area (Å²) in [6.45, 7) is 3.97. The molecule has 0 spiro atoms. The van der Waals surface area contributed by atoms with E-state index in [4.69, 9.17) is 15.2 Å². The lowest BCUT2D eigenvalue weighted by atomic mass is 9.93. The third-order valence-electron chi connectivity index (χ3n) is 4.14. The minimum atomic E-state index is 0.0257. The lowest BCUT2D eigenvalue weighted by Crippen LogP contribution is -2.07. The zero-order valence-corrected chi connectivity index (χ0v) is 11.9. The molecule has 0 bridgehead atoms. The zero-order chi connectivity index (χ0) is 14.7. The van der Waals surface area contributed by atoms with Gasteiger partial charge in [0, 0.05) is 35.1 Å². The van der Waals surface area contributed by atoms with Crippen LogP contribution in [0.2, 0.25) is 0 Å². The third kappa shape index (κ3) is 1.62. The van der Waals surface area contributed by atoms with Crippen LogP contribution in [-0.4, -0.2) is 27.5 Å². The predicted octanol–water partition coefficient (Wildman–Crippen LogP) is 2.01. The molecule has 110 valence electrons. The van der Waals surface area contributed by atoms with Crippen LogP contribution in [-0.2, 0) is 12.8 Å². The van der Waals surface area contributed by atoms with Crippen molar-refractivity contribution in [3.63, 3.8) is 0 Å². The maximum atomic E-state index is 10.5. The lowest BCUT2D eigenvalue weighted by Gasteiger charge is -2.14. The molecule has 2 atom stereocenters. The lowest BCUT2D eigenvalue weighted by molar-refractivity contribution is 0.244. The first kappa shape index (κ1) is 12.4. The van der Waals surface area contributed by atoms with Crippen LogP contribution in [0.3, 0.4) is 0 Å². The van der Waals surface area contributed by atoms with Gasteiger partial charge in [-0.2, -0.15) is 5.10 Å². The highest BCUT2D eigenvalue weighted by Crippen LogP contribution is 2.54. The summed E-state index contributed by atoms with van der Waals surface area (Å²) in [7, 11) is 0. The number of hydrogen-bond donors (Lipinski definition) is 3. The monoisotopic (exact) mass is 287 g/mol. The Balaban J connectivity index is 2.04. The van der Waals surface area contributed by atoms with E-state index in [1.54, 1.807) is 6.20 Å². The highest BCUT2D eigenvalue weighted by Gasteiger charge is 2.37. The van der Waals surface area contributed by atoms with Crippen molar-refractivity contribution in [1.82, 2.24) is 10.2 Å². The molecule has 3 heterocycles. The van der Waals surface area contributed by atoms with Crippen LogP contribution in [0.1, 0.15) is 25.0 Å². The number of nitrogens with two attached hydrogens (primary N) is 1. The molecule has 0 radical (unpaired) electrons. The van der Waals surface area contributed by atoms with Gasteiger partial charge in [-0.15, -0.1) is 0 Å². The molecular weight excluding hydrogens is 270 g/mol. The summed E-state index contributed by atoms with van der Waals surface area (Å²) in [5.74, 6) is 1.98. The van der Waals surface area contributed by atoms with Crippen molar-refractivity contribution in [2.45, 2.75) is 38.9 Å². The van der Waals surface area contributed by atoms with Crippen LogP contribution in [0.4, 0.5) is 5.82 Å². The Labute approximate surface area is 121 Å². The van der Waals surface area contributed by atoms with E-state index in [1.807, 2.05) is 13.8 Å². The molecule has 1 aromatic heterocycles. The number of anilines is 1. The first-order chi connectivity index (χ1) is 10.1. The summed E-state index contributed by atoms with van der Waals surface area (Å²) in [5.41, 5.74) is 9.43. The highest BCUT2D eigenvalue weighted by atomic mass is 16.5. The van der Waals surface area contributed by atoms with Crippen LogP contribution in [0.15, 0.2) is 6.20 Å². The fourth-order valence-corrected chi connectivity index (χ4v) is 3.27. The van der Waals surface area contributed by atoms with Gasteiger partial charge in [0.1, 0.15) is 23.8 Å². The quantitative estimate of drug-likeness (QED) is 0.746. The Morgan fingerprint density at radius 1 is 1.19 bits per heavy atom. The number of nitrogens with zero attached hydrogens (tertiary/aromatic N) is 1. The molecule has 0 saturated heterocycles. The van der Waals surface area contributed by atoms with E-state index in [9.17, 15) is 5.11 Å². The van der Waals surface area contributed by atoms with E-state index < -0.39 is 0 Å². The number of hydrogen-bond acceptors (Lipinski definition) is 5. The van der Waals surface area contributed by atoms with E-state index in [0.29, 0.717) is 30.2 Å². The molecule has 2 unspecified atom stereocenters. The van der Waals surface area contributed by atoms with Crippen LogP contribution in [0, 0.1) is 0 Å². The fraction of sp³-hybridized carbons (Fsp3) is 0.400. The van der Waals surface area contributed by atoms with Gasteiger partial charge in [-0.05, 0) is 13.8 Å². The van der Waals surface area contributed by atoms with Gasteiger partial charge in [0.2, 0.25) is 0 Å². The second-order valence-electron chi connectivity index (χ2n) is 5.80. The van der Waals surface area contributed by atoms with Gasteiger partial charge < -0.3 is 20.3 Å². The van der Waals surface area contributed by atoms with E-state index in [-0.39, 0.29) is 18.0 Å². The number of phenolic OH excluding ortho intramolecular Hbond substituents is 1. The Bertz CT molecular complexity index is 699. The number of aromatic hydroxyl groups is 1. The largest absolute Gasteiger partial charge is 0.504 e. The standard InChI is InChI=1S/C15H17N3O3/c1-6-3-8-11(10-5-17-18-15(10)16)13-9(4-7(2)20-13)12(19)14(8)21-6/h5-7,19H,3-4H2,1-2H3,(H3,16,17,18). The van der Waals surface area contributed by atoms with Crippen LogP contribution < -0.4 is 15.2 Å². The smallest absolute Gasteiger partial charge is 0.165 e.